The Labute approximate surface area is 200 Å². The molecular formula is C24H15Br2FN4O. The first-order valence-electron chi connectivity index (χ1n) is 9.97. The third kappa shape index (κ3) is 3.09. The molecule has 3 heterocycles. The first-order chi connectivity index (χ1) is 15.6. The van der Waals surface area contributed by atoms with Crippen molar-refractivity contribution in [3.05, 3.63) is 110 Å². The zero-order valence-corrected chi connectivity index (χ0v) is 19.6. The largest absolute Gasteiger partial charge is 0.480 e. The highest BCUT2D eigenvalue weighted by molar-refractivity contribution is 9.11. The molecule has 2 aliphatic rings. The molecular weight excluding hydrogens is 539 g/mol. The fraction of sp³-hybridized carbons (Fsp3) is 0.0833. The maximum absolute atomic E-state index is 14.3. The highest BCUT2D eigenvalue weighted by Crippen LogP contribution is 2.51. The standard InChI is InChI=1S/C24H15Br2FN4O/c25-14-6-8-16(18(26)10-14)23-20-21(17-11-15(27)7-9-19(17)32-23)30-24-28-12-29-31(24)22(20)13-4-2-1-3-5-13/h1-12,22-23H,(H,28,29,30)/t22-,23+/m1/s1. The number of benzene rings is 3. The SMILES string of the molecule is Fc1ccc2c(c1)C1=C([C@H](c3ccc(Br)cc3Br)O2)[C@@H](c2ccccc2)n2ncnc2N1. The van der Waals surface area contributed by atoms with Gasteiger partial charge in [-0.1, -0.05) is 68.3 Å². The summed E-state index contributed by atoms with van der Waals surface area (Å²) in [6.07, 6.45) is 1.09. The number of halogens is 3. The summed E-state index contributed by atoms with van der Waals surface area (Å²) in [5.74, 6) is 0.883. The van der Waals surface area contributed by atoms with Crippen molar-refractivity contribution in [2.45, 2.75) is 12.1 Å². The summed E-state index contributed by atoms with van der Waals surface area (Å²) in [6.45, 7) is 0. The second-order valence-electron chi connectivity index (χ2n) is 7.60. The van der Waals surface area contributed by atoms with Crippen molar-refractivity contribution < 1.29 is 9.13 Å². The first kappa shape index (κ1) is 19.7. The second-order valence-corrected chi connectivity index (χ2v) is 9.37. The van der Waals surface area contributed by atoms with Crippen molar-refractivity contribution in [1.29, 1.82) is 0 Å². The van der Waals surface area contributed by atoms with Gasteiger partial charge in [0, 0.05) is 25.6 Å². The minimum Gasteiger partial charge on any atom is -0.480 e. The lowest BCUT2D eigenvalue weighted by Crippen LogP contribution is -2.32. The maximum atomic E-state index is 14.3. The van der Waals surface area contributed by atoms with Gasteiger partial charge < -0.3 is 10.1 Å². The highest BCUT2D eigenvalue weighted by atomic mass is 79.9. The molecule has 3 aromatic carbocycles. The Kier molecular flexibility index (Phi) is 4.66. The van der Waals surface area contributed by atoms with Crippen LogP contribution < -0.4 is 10.1 Å². The van der Waals surface area contributed by atoms with Gasteiger partial charge >= 0.3 is 0 Å². The van der Waals surface area contributed by atoms with E-state index < -0.39 is 6.10 Å². The van der Waals surface area contributed by atoms with E-state index >= 15 is 0 Å². The molecule has 4 aromatic rings. The molecule has 0 saturated carbocycles. The molecule has 5 nitrogen and oxygen atoms in total. The van der Waals surface area contributed by atoms with Crippen LogP contribution in [0.5, 0.6) is 5.75 Å². The summed E-state index contributed by atoms with van der Waals surface area (Å²) < 4.78 is 24.5. The fourth-order valence-electron chi connectivity index (χ4n) is 4.37. The average Bonchev–Trinajstić information content (AvgIpc) is 3.26. The second kappa shape index (κ2) is 7.56. The van der Waals surface area contributed by atoms with Gasteiger partial charge in [-0.3, -0.25) is 0 Å². The van der Waals surface area contributed by atoms with Gasteiger partial charge in [-0.05, 0) is 35.9 Å². The van der Waals surface area contributed by atoms with Crippen molar-refractivity contribution >= 4 is 43.5 Å². The van der Waals surface area contributed by atoms with E-state index in [0.29, 0.717) is 17.3 Å². The van der Waals surface area contributed by atoms with Crippen LogP contribution >= 0.6 is 31.9 Å². The van der Waals surface area contributed by atoms with Crippen LogP contribution in [0.4, 0.5) is 10.3 Å². The number of fused-ring (bicyclic) bond motifs is 3. The topological polar surface area (TPSA) is 52.0 Å². The summed E-state index contributed by atoms with van der Waals surface area (Å²) in [7, 11) is 0. The summed E-state index contributed by atoms with van der Waals surface area (Å²) in [6, 6.07) is 20.4. The van der Waals surface area contributed by atoms with Gasteiger partial charge in [0.25, 0.3) is 0 Å². The average molecular weight is 554 g/mol. The fourth-order valence-corrected chi connectivity index (χ4v) is 5.63. The summed E-state index contributed by atoms with van der Waals surface area (Å²) >= 11 is 7.23. The van der Waals surface area contributed by atoms with Gasteiger partial charge in [0.15, 0.2) is 6.10 Å². The van der Waals surface area contributed by atoms with Crippen molar-refractivity contribution in [2.24, 2.45) is 0 Å². The lowest BCUT2D eigenvalue weighted by atomic mass is 9.84. The minimum atomic E-state index is -0.430. The predicted molar refractivity (Wildman–Crippen MR) is 127 cm³/mol. The number of anilines is 1. The van der Waals surface area contributed by atoms with E-state index in [1.807, 2.05) is 41.1 Å². The summed E-state index contributed by atoms with van der Waals surface area (Å²) in [5, 5.41) is 7.89. The number of aromatic nitrogens is 3. The van der Waals surface area contributed by atoms with Crippen molar-refractivity contribution in [3.63, 3.8) is 0 Å². The molecule has 2 atom stereocenters. The van der Waals surface area contributed by atoms with Gasteiger partial charge in [-0.2, -0.15) is 10.1 Å². The smallest absolute Gasteiger partial charge is 0.226 e. The van der Waals surface area contributed by atoms with Gasteiger partial charge in [0.1, 0.15) is 23.9 Å². The van der Waals surface area contributed by atoms with Crippen LogP contribution in [-0.2, 0) is 0 Å². The van der Waals surface area contributed by atoms with Crippen molar-refractivity contribution in [3.8, 4) is 5.75 Å². The zero-order valence-electron chi connectivity index (χ0n) is 16.5. The van der Waals surface area contributed by atoms with Crippen LogP contribution in [0.25, 0.3) is 5.70 Å². The van der Waals surface area contributed by atoms with Gasteiger partial charge in [-0.25, -0.2) is 9.07 Å². The Bertz CT molecular complexity index is 1390. The number of hydrogen-bond donors (Lipinski definition) is 1. The maximum Gasteiger partial charge on any atom is 0.226 e. The molecule has 0 spiro atoms. The van der Waals surface area contributed by atoms with Crippen LogP contribution in [0.3, 0.4) is 0 Å². The molecule has 8 heteroatoms. The molecule has 158 valence electrons. The number of nitrogens with zero attached hydrogens (tertiary/aromatic N) is 3. The summed E-state index contributed by atoms with van der Waals surface area (Å²) in [4.78, 5) is 4.40. The summed E-state index contributed by atoms with van der Waals surface area (Å²) in [5.41, 5.74) is 4.40. The molecule has 32 heavy (non-hydrogen) atoms. The molecule has 0 unspecified atom stereocenters. The van der Waals surface area contributed by atoms with Crippen LogP contribution in [0, 0.1) is 5.82 Å². The van der Waals surface area contributed by atoms with Crippen LogP contribution in [0.1, 0.15) is 28.8 Å². The number of hydrogen-bond acceptors (Lipinski definition) is 4. The Balaban J connectivity index is 1.65. The molecule has 6 rings (SSSR count). The molecule has 2 aliphatic heterocycles. The van der Waals surface area contributed by atoms with Crippen LogP contribution in [0.15, 0.2) is 87.6 Å². The lowest BCUT2D eigenvalue weighted by molar-refractivity contribution is 0.222. The molecule has 0 saturated heterocycles. The molecule has 0 bridgehead atoms. The third-order valence-corrected chi connectivity index (χ3v) is 6.92. The van der Waals surface area contributed by atoms with E-state index in [-0.39, 0.29) is 11.9 Å². The molecule has 0 amide bonds. The Hall–Kier alpha value is -2.97. The van der Waals surface area contributed by atoms with E-state index in [1.165, 1.54) is 18.5 Å². The van der Waals surface area contributed by atoms with Gasteiger partial charge in [-0.15, -0.1) is 0 Å². The Morgan fingerprint density at radius 1 is 1.00 bits per heavy atom. The van der Waals surface area contributed by atoms with Gasteiger partial charge in [0.05, 0.1) is 5.70 Å². The van der Waals surface area contributed by atoms with E-state index in [1.54, 1.807) is 6.07 Å². The Morgan fingerprint density at radius 3 is 2.66 bits per heavy atom. The quantitative estimate of drug-likeness (QED) is 0.308. The molecule has 1 aromatic heterocycles. The third-order valence-electron chi connectivity index (χ3n) is 5.74. The zero-order chi connectivity index (χ0) is 21.8. The molecule has 0 fully saturated rings. The van der Waals surface area contributed by atoms with Crippen LogP contribution in [0.2, 0.25) is 0 Å². The minimum absolute atomic E-state index is 0.276. The Morgan fingerprint density at radius 2 is 1.84 bits per heavy atom. The normalized spacial score (nSPS) is 18.8. The number of ether oxygens (including phenoxy) is 1. The molecule has 0 aliphatic carbocycles. The number of rotatable bonds is 2. The lowest BCUT2D eigenvalue weighted by Gasteiger charge is -2.39. The van der Waals surface area contributed by atoms with E-state index in [4.69, 9.17) is 4.74 Å². The first-order valence-corrected chi connectivity index (χ1v) is 11.6. The van der Waals surface area contributed by atoms with Gasteiger partial charge in [0.2, 0.25) is 5.95 Å². The monoisotopic (exact) mass is 552 g/mol. The molecule has 0 radical (unpaired) electrons. The van der Waals surface area contributed by atoms with E-state index in [2.05, 4.69) is 59.4 Å². The van der Waals surface area contributed by atoms with Crippen LogP contribution in [-0.4, -0.2) is 14.8 Å². The molecule has 1 N–H and O–H groups in total. The van der Waals surface area contributed by atoms with Crippen molar-refractivity contribution in [2.75, 3.05) is 5.32 Å². The van der Waals surface area contributed by atoms with Crippen molar-refractivity contribution in [1.82, 2.24) is 14.8 Å². The highest BCUT2D eigenvalue weighted by Gasteiger charge is 2.41. The van der Waals surface area contributed by atoms with E-state index in [9.17, 15) is 4.39 Å². The number of nitrogens with one attached hydrogen (secondary N) is 1. The van der Waals surface area contributed by atoms with E-state index in [0.717, 1.165) is 31.3 Å². The predicted octanol–water partition coefficient (Wildman–Crippen LogP) is 6.50.